The maximum atomic E-state index is 12.5. The molecule has 1 aliphatic rings. The van der Waals surface area contributed by atoms with Gasteiger partial charge in [0.2, 0.25) is 10.0 Å². The van der Waals surface area contributed by atoms with Crippen LogP contribution in [0.15, 0.2) is 29.2 Å². The second kappa shape index (κ2) is 8.48. The van der Waals surface area contributed by atoms with Gasteiger partial charge >= 0.3 is 0 Å². The van der Waals surface area contributed by atoms with E-state index in [-0.39, 0.29) is 23.5 Å². The smallest absolute Gasteiger partial charge is 0.258 e. The summed E-state index contributed by atoms with van der Waals surface area (Å²) in [7, 11) is -3.43. The van der Waals surface area contributed by atoms with E-state index in [1.165, 1.54) is 16.4 Å². The Balaban J connectivity index is 1.94. The van der Waals surface area contributed by atoms with E-state index >= 15 is 0 Å². The predicted molar refractivity (Wildman–Crippen MR) is 92.4 cm³/mol. The molecule has 24 heavy (non-hydrogen) atoms. The van der Waals surface area contributed by atoms with Gasteiger partial charge in [-0.1, -0.05) is 13.3 Å². The number of rotatable bonds is 7. The van der Waals surface area contributed by atoms with Gasteiger partial charge in [0.1, 0.15) is 5.75 Å². The summed E-state index contributed by atoms with van der Waals surface area (Å²) in [4.78, 5) is 11.9. The Hall–Kier alpha value is -1.60. The second-order valence-corrected chi connectivity index (χ2v) is 8.04. The SMILES string of the molecule is CC[C@H](C)NC(=O)COc1ccc(S(=O)(=O)N2CCCCC2)cc1. The Morgan fingerprint density at radius 3 is 2.42 bits per heavy atom. The summed E-state index contributed by atoms with van der Waals surface area (Å²) in [5, 5.41) is 2.81. The van der Waals surface area contributed by atoms with Crippen molar-refractivity contribution in [3.8, 4) is 5.75 Å². The fourth-order valence-electron chi connectivity index (χ4n) is 2.53. The maximum Gasteiger partial charge on any atom is 0.258 e. The lowest BCUT2D eigenvalue weighted by atomic mass is 10.2. The fourth-order valence-corrected chi connectivity index (χ4v) is 4.05. The van der Waals surface area contributed by atoms with Crippen LogP contribution in [-0.2, 0) is 14.8 Å². The molecule has 1 amide bonds. The fraction of sp³-hybridized carbons (Fsp3) is 0.588. The van der Waals surface area contributed by atoms with Crippen molar-refractivity contribution < 1.29 is 17.9 Å². The zero-order valence-electron chi connectivity index (χ0n) is 14.3. The number of sulfonamides is 1. The van der Waals surface area contributed by atoms with E-state index in [9.17, 15) is 13.2 Å². The van der Waals surface area contributed by atoms with E-state index in [0.29, 0.717) is 18.8 Å². The van der Waals surface area contributed by atoms with E-state index in [1.807, 2.05) is 13.8 Å². The van der Waals surface area contributed by atoms with Crippen LogP contribution in [0.1, 0.15) is 39.5 Å². The van der Waals surface area contributed by atoms with Crippen LogP contribution in [0.5, 0.6) is 5.75 Å². The summed E-state index contributed by atoms with van der Waals surface area (Å²) >= 11 is 0. The van der Waals surface area contributed by atoms with Crippen molar-refractivity contribution in [2.45, 2.75) is 50.5 Å². The molecule has 1 aromatic carbocycles. The van der Waals surface area contributed by atoms with Crippen LogP contribution >= 0.6 is 0 Å². The molecule has 0 aliphatic carbocycles. The summed E-state index contributed by atoms with van der Waals surface area (Å²) in [5.41, 5.74) is 0. The van der Waals surface area contributed by atoms with Crippen molar-refractivity contribution in [1.82, 2.24) is 9.62 Å². The van der Waals surface area contributed by atoms with E-state index < -0.39 is 10.0 Å². The normalized spacial score (nSPS) is 17.2. The van der Waals surface area contributed by atoms with Gasteiger partial charge in [-0.25, -0.2) is 8.42 Å². The van der Waals surface area contributed by atoms with Crippen molar-refractivity contribution >= 4 is 15.9 Å². The predicted octanol–water partition coefficient (Wildman–Crippen LogP) is 2.15. The summed E-state index contributed by atoms with van der Waals surface area (Å²) in [6.45, 7) is 5.00. The molecule has 1 saturated heterocycles. The zero-order valence-corrected chi connectivity index (χ0v) is 15.1. The number of nitrogens with one attached hydrogen (secondary N) is 1. The molecule has 0 radical (unpaired) electrons. The molecule has 0 saturated carbocycles. The minimum atomic E-state index is -3.43. The minimum absolute atomic E-state index is 0.0808. The first-order valence-electron chi connectivity index (χ1n) is 8.46. The van der Waals surface area contributed by atoms with Crippen molar-refractivity contribution in [3.63, 3.8) is 0 Å². The summed E-state index contributed by atoms with van der Waals surface area (Å²) in [5.74, 6) is 0.293. The van der Waals surface area contributed by atoms with E-state index in [1.54, 1.807) is 12.1 Å². The molecule has 1 atom stereocenters. The molecule has 6 nitrogen and oxygen atoms in total. The summed E-state index contributed by atoms with van der Waals surface area (Å²) in [6, 6.07) is 6.36. The Morgan fingerprint density at radius 2 is 1.83 bits per heavy atom. The quantitative estimate of drug-likeness (QED) is 0.814. The number of amides is 1. The van der Waals surface area contributed by atoms with Crippen LogP contribution in [0.4, 0.5) is 0 Å². The highest BCUT2D eigenvalue weighted by atomic mass is 32.2. The average molecular weight is 354 g/mol. The molecular formula is C17H26N2O4S. The van der Waals surface area contributed by atoms with E-state index in [2.05, 4.69) is 5.32 Å². The standard InChI is InChI=1S/C17H26N2O4S/c1-3-14(2)18-17(20)13-23-15-7-9-16(10-8-15)24(21,22)19-11-5-4-6-12-19/h7-10,14H,3-6,11-13H2,1-2H3,(H,18,20)/t14-/m0/s1. The third kappa shape index (κ3) is 4.95. The van der Waals surface area contributed by atoms with Crippen molar-refractivity contribution in [1.29, 1.82) is 0 Å². The van der Waals surface area contributed by atoms with Gasteiger partial charge in [-0.05, 0) is 50.5 Å². The van der Waals surface area contributed by atoms with Gasteiger partial charge < -0.3 is 10.1 Å². The second-order valence-electron chi connectivity index (χ2n) is 6.10. The van der Waals surface area contributed by atoms with Crippen LogP contribution in [0, 0.1) is 0 Å². The molecule has 0 aromatic heterocycles. The molecule has 1 aliphatic heterocycles. The summed E-state index contributed by atoms with van der Waals surface area (Å²) in [6.07, 6.45) is 3.75. The van der Waals surface area contributed by atoms with E-state index in [4.69, 9.17) is 4.74 Å². The molecule has 1 aromatic rings. The number of piperidine rings is 1. The Bertz CT molecular complexity index is 637. The first-order chi connectivity index (χ1) is 11.4. The molecule has 0 spiro atoms. The van der Waals surface area contributed by atoms with Crippen LogP contribution in [0.3, 0.4) is 0 Å². The third-order valence-corrected chi connectivity index (χ3v) is 6.08. The molecular weight excluding hydrogens is 328 g/mol. The van der Waals surface area contributed by atoms with Crippen molar-refractivity contribution in [2.75, 3.05) is 19.7 Å². The topological polar surface area (TPSA) is 75.7 Å². The highest BCUT2D eigenvalue weighted by Crippen LogP contribution is 2.22. The largest absolute Gasteiger partial charge is 0.484 e. The molecule has 1 heterocycles. The lowest BCUT2D eigenvalue weighted by Crippen LogP contribution is -2.35. The molecule has 134 valence electrons. The monoisotopic (exact) mass is 354 g/mol. The van der Waals surface area contributed by atoms with Gasteiger partial charge in [0.25, 0.3) is 5.91 Å². The zero-order chi connectivity index (χ0) is 17.6. The number of hydrogen-bond acceptors (Lipinski definition) is 4. The van der Waals surface area contributed by atoms with Crippen molar-refractivity contribution in [3.05, 3.63) is 24.3 Å². The Kier molecular flexibility index (Phi) is 6.62. The van der Waals surface area contributed by atoms with Gasteiger partial charge in [-0.15, -0.1) is 0 Å². The van der Waals surface area contributed by atoms with Gasteiger partial charge in [-0.2, -0.15) is 4.31 Å². The Morgan fingerprint density at radius 1 is 1.21 bits per heavy atom. The van der Waals surface area contributed by atoms with E-state index in [0.717, 1.165) is 25.7 Å². The molecule has 0 unspecified atom stereocenters. The van der Waals surface area contributed by atoms with Crippen LogP contribution in [0.25, 0.3) is 0 Å². The number of hydrogen-bond donors (Lipinski definition) is 1. The molecule has 0 bridgehead atoms. The number of carbonyl (C=O) groups is 1. The minimum Gasteiger partial charge on any atom is -0.484 e. The first-order valence-corrected chi connectivity index (χ1v) is 9.90. The van der Waals surface area contributed by atoms with Gasteiger partial charge in [0, 0.05) is 19.1 Å². The maximum absolute atomic E-state index is 12.5. The van der Waals surface area contributed by atoms with Crippen LogP contribution in [0.2, 0.25) is 0 Å². The van der Waals surface area contributed by atoms with Gasteiger partial charge in [0.05, 0.1) is 4.90 Å². The van der Waals surface area contributed by atoms with Crippen LogP contribution < -0.4 is 10.1 Å². The highest BCUT2D eigenvalue weighted by Gasteiger charge is 2.25. The average Bonchev–Trinajstić information content (AvgIpc) is 2.61. The number of nitrogens with zero attached hydrogens (tertiary/aromatic N) is 1. The highest BCUT2D eigenvalue weighted by molar-refractivity contribution is 7.89. The van der Waals surface area contributed by atoms with Gasteiger partial charge in [0.15, 0.2) is 6.61 Å². The molecule has 1 fully saturated rings. The molecule has 2 rings (SSSR count). The Labute approximate surface area is 144 Å². The lowest BCUT2D eigenvalue weighted by molar-refractivity contribution is -0.123. The lowest BCUT2D eigenvalue weighted by Gasteiger charge is -2.25. The number of ether oxygens (including phenoxy) is 1. The number of benzene rings is 1. The summed E-state index contributed by atoms with van der Waals surface area (Å²) < 4.78 is 32.0. The van der Waals surface area contributed by atoms with Crippen molar-refractivity contribution in [2.24, 2.45) is 0 Å². The number of carbonyl (C=O) groups excluding carboxylic acids is 1. The third-order valence-electron chi connectivity index (χ3n) is 4.17. The molecule has 1 N–H and O–H groups in total. The first kappa shape index (κ1) is 18.7. The molecule has 7 heteroatoms. The van der Waals surface area contributed by atoms with Gasteiger partial charge in [-0.3, -0.25) is 4.79 Å². The van der Waals surface area contributed by atoms with Crippen LogP contribution in [-0.4, -0.2) is 44.4 Å².